The van der Waals surface area contributed by atoms with E-state index in [4.69, 9.17) is 11.6 Å². The fraction of sp³-hybridized carbons (Fsp3) is 0.444. The molecule has 0 unspecified atom stereocenters. The third-order valence-corrected chi connectivity index (χ3v) is 3.99. The third kappa shape index (κ3) is 2.99. The van der Waals surface area contributed by atoms with Crippen molar-refractivity contribution in [3.8, 4) is 0 Å². The van der Waals surface area contributed by atoms with Gasteiger partial charge in [-0.3, -0.25) is 4.98 Å². The van der Waals surface area contributed by atoms with Gasteiger partial charge in [-0.25, -0.2) is 13.4 Å². The predicted molar refractivity (Wildman–Crippen MR) is 63.3 cm³/mol. The standard InChI is InChI=1S/C9H12ClN3O2S/c1-9(2,3)16(14,15)13-6-7-8(10)12-5-4-11-7/h4-6H,1-3H3/b13-6+. The molecule has 0 radical (unpaired) electrons. The first-order valence-electron chi connectivity index (χ1n) is 4.50. The maximum absolute atomic E-state index is 11.6. The van der Waals surface area contributed by atoms with Crippen LogP contribution in [0.5, 0.6) is 0 Å². The molecule has 0 bridgehead atoms. The maximum atomic E-state index is 11.6. The minimum atomic E-state index is -3.57. The molecule has 0 saturated heterocycles. The molecule has 0 amide bonds. The molecule has 1 aromatic heterocycles. The number of rotatable bonds is 2. The molecule has 16 heavy (non-hydrogen) atoms. The zero-order valence-electron chi connectivity index (χ0n) is 9.18. The summed E-state index contributed by atoms with van der Waals surface area (Å²) in [7, 11) is -3.57. The largest absolute Gasteiger partial charge is 0.258 e. The summed E-state index contributed by atoms with van der Waals surface area (Å²) in [6, 6.07) is 0. The van der Waals surface area contributed by atoms with E-state index < -0.39 is 14.8 Å². The Morgan fingerprint density at radius 2 is 1.88 bits per heavy atom. The first-order valence-corrected chi connectivity index (χ1v) is 6.32. The molecule has 0 fully saturated rings. The number of hydrogen-bond donors (Lipinski definition) is 0. The van der Waals surface area contributed by atoms with Crippen LogP contribution in [0.25, 0.3) is 0 Å². The van der Waals surface area contributed by atoms with Crippen LogP contribution in [0.2, 0.25) is 5.15 Å². The summed E-state index contributed by atoms with van der Waals surface area (Å²) in [5.74, 6) is 0. The second-order valence-electron chi connectivity index (χ2n) is 4.05. The Kier molecular flexibility index (Phi) is 3.64. The second-order valence-corrected chi connectivity index (χ2v) is 6.80. The molecule has 0 aliphatic heterocycles. The third-order valence-electron chi connectivity index (χ3n) is 1.77. The Labute approximate surface area is 99.7 Å². The number of aromatic nitrogens is 2. The van der Waals surface area contributed by atoms with E-state index in [0.717, 1.165) is 6.21 Å². The van der Waals surface area contributed by atoms with Crippen molar-refractivity contribution < 1.29 is 8.42 Å². The van der Waals surface area contributed by atoms with Gasteiger partial charge in [0.05, 0.1) is 11.0 Å². The predicted octanol–water partition coefficient (Wildman–Crippen LogP) is 1.68. The fourth-order valence-corrected chi connectivity index (χ4v) is 1.40. The van der Waals surface area contributed by atoms with E-state index in [1.807, 2.05) is 0 Å². The van der Waals surface area contributed by atoms with Crippen molar-refractivity contribution in [2.45, 2.75) is 25.5 Å². The van der Waals surface area contributed by atoms with Gasteiger partial charge in [0.2, 0.25) is 0 Å². The number of sulfonamides is 1. The highest BCUT2D eigenvalue weighted by atomic mass is 35.5. The Bertz CT molecular complexity index is 506. The average molecular weight is 262 g/mol. The Morgan fingerprint density at radius 1 is 1.31 bits per heavy atom. The van der Waals surface area contributed by atoms with Crippen molar-refractivity contribution in [1.29, 1.82) is 0 Å². The van der Waals surface area contributed by atoms with Gasteiger partial charge in [-0.2, -0.15) is 4.40 Å². The van der Waals surface area contributed by atoms with Crippen LogP contribution >= 0.6 is 11.6 Å². The quantitative estimate of drug-likeness (QED) is 0.760. The van der Waals surface area contributed by atoms with Crippen LogP contribution in [0.1, 0.15) is 26.5 Å². The second kappa shape index (κ2) is 4.47. The molecule has 0 aliphatic carbocycles. The van der Waals surface area contributed by atoms with Crippen LogP contribution in [-0.4, -0.2) is 29.3 Å². The molecule has 7 heteroatoms. The summed E-state index contributed by atoms with van der Waals surface area (Å²) in [6.45, 7) is 4.70. The lowest BCUT2D eigenvalue weighted by Crippen LogP contribution is -2.25. The molecule has 5 nitrogen and oxygen atoms in total. The molecule has 1 rings (SSSR count). The summed E-state index contributed by atoms with van der Waals surface area (Å²) in [5, 5.41) is 0.121. The van der Waals surface area contributed by atoms with Crippen molar-refractivity contribution in [3.63, 3.8) is 0 Å². The SMILES string of the molecule is CC(C)(C)S(=O)(=O)/N=C/c1nccnc1Cl. The van der Waals surface area contributed by atoms with Gasteiger partial charge in [0, 0.05) is 12.4 Å². The van der Waals surface area contributed by atoms with Gasteiger partial charge in [0.1, 0.15) is 5.69 Å². The van der Waals surface area contributed by atoms with Gasteiger partial charge in [0.25, 0.3) is 10.0 Å². The topological polar surface area (TPSA) is 72.3 Å². The highest BCUT2D eigenvalue weighted by Gasteiger charge is 2.27. The number of nitrogens with zero attached hydrogens (tertiary/aromatic N) is 3. The van der Waals surface area contributed by atoms with Gasteiger partial charge < -0.3 is 0 Å². The lowest BCUT2D eigenvalue weighted by atomic mass is 10.3. The van der Waals surface area contributed by atoms with Crippen LogP contribution in [0.4, 0.5) is 0 Å². The van der Waals surface area contributed by atoms with Crippen LogP contribution in [0.3, 0.4) is 0 Å². The van der Waals surface area contributed by atoms with E-state index in [2.05, 4.69) is 14.4 Å². The minimum Gasteiger partial charge on any atom is -0.250 e. The van der Waals surface area contributed by atoms with E-state index in [-0.39, 0.29) is 10.8 Å². The van der Waals surface area contributed by atoms with E-state index >= 15 is 0 Å². The molecule has 0 aromatic carbocycles. The first-order chi connectivity index (χ1) is 7.24. The number of hydrogen-bond acceptors (Lipinski definition) is 4. The highest BCUT2D eigenvalue weighted by molar-refractivity contribution is 7.91. The molecule has 1 aromatic rings. The van der Waals surface area contributed by atoms with Crippen molar-refractivity contribution in [3.05, 3.63) is 23.2 Å². The molecule has 0 saturated carbocycles. The minimum absolute atomic E-state index is 0.121. The summed E-state index contributed by atoms with van der Waals surface area (Å²) in [4.78, 5) is 7.61. The summed E-state index contributed by atoms with van der Waals surface area (Å²) >= 11 is 5.71. The maximum Gasteiger partial charge on any atom is 0.258 e. The van der Waals surface area contributed by atoms with Gasteiger partial charge in [-0.05, 0) is 20.8 Å². The van der Waals surface area contributed by atoms with E-state index in [0.29, 0.717) is 0 Å². The van der Waals surface area contributed by atoms with Crippen molar-refractivity contribution in [2.75, 3.05) is 0 Å². The zero-order valence-corrected chi connectivity index (χ0v) is 10.7. The lowest BCUT2D eigenvalue weighted by molar-refractivity contribution is 0.562. The number of halogens is 1. The summed E-state index contributed by atoms with van der Waals surface area (Å²) < 4.78 is 25.9. The first kappa shape index (κ1) is 13.1. The van der Waals surface area contributed by atoms with Crippen LogP contribution in [-0.2, 0) is 10.0 Å². The van der Waals surface area contributed by atoms with Gasteiger partial charge in [-0.15, -0.1) is 0 Å². The van der Waals surface area contributed by atoms with Crippen molar-refractivity contribution in [1.82, 2.24) is 9.97 Å². The molecule has 1 heterocycles. The monoisotopic (exact) mass is 261 g/mol. The van der Waals surface area contributed by atoms with E-state index in [9.17, 15) is 8.42 Å². The van der Waals surface area contributed by atoms with Gasteiger partial charge in [-0.1, -0.05) is 11.6 Å². The van der Waals surface area contributed by atoms with Gasteiger partial charge in [0.15, 0.2) is 5.15 Å². The summed E-state index contributed by atoms with van der Waals surface area (Å²) in [6.07, 6.45) is 3.94. The molecular weight excluding hydrogens is 250 g/mol. The Morgan fingerprint density at radius 3 is 2.38 bits per heavy atom. The molecule has 0 atom stereocenters. The fourth-order valence-electron chi connectivity index (χ4n) is 0.696. The Balaban J connectivity index is 3.04. The lowest BCUT2D eigenvalue weighted by Gasteiger charge is -2.14. The normalized spacial score (nSPS) is 13.2. The average Bonchev–Trinajstić information content (AvgIpc) is 2.15. The molecule has 0 N–H and O–H groups in total. The zero-order chi connectivity index (χ0) is 12.4. The highest BCUT2D eigenvalue weighted by Crippen LogP contribution is 2.17. The van der Waals surface area contributed by atoms with Crippen molar-refractivity contribution in [2.24, 2.45) is 4.40 Å². The van der Waals surface area contributed by atoms with E-state index in [1.165, 1.54) is 12.4 Å². The summed E-state index contributed by atoms with van der Waals surface area (Å²) in [5.41, 5.74) is 0.233. The van der Waals surface area contributed by atoms with Crippen molar-refractivity contribution >= 4 is 27.8 Å². The van der Waals surface area contributed by atoms with Crippen LogP contribution < -0.4 is 0 Å². The Hall–Kier alpha value is -1.01. The molecule has 0 aliphatic rings. The molecular formula is C9H12ClN3O2S. The smallest absolute Gasteiger partial charge is 0.250 e. The molecule has 88 valence electrons. The van der Waals surface area contributed by atoms with Gasteiger partial charge >= 0.3 is 0 Å². The van der Waals surface area contributed by atoms with Crippen LogP contribution in [0.15, 0.2) is 16.8 Å². The molecule has 0 spiro atoms. The van der Waals surface area contributed by atoms with E-state index in [1.54, 1.807) is 20.8 Å². The van der Waals surface area contributed by atoms with Crippen LogP contribution in [0, 0.1) is 0 Å².